The van der Waals surface area contributed by atoms with Gasteiger partial charge in [0.25, 0.3) is 0 Å². The minimum Gasteiger partial charge on any atom is -0.384 e. The molecule has 0 spiro atoms. The minimum absolute atomic E-state index is 0.284. The van der Waals surface area contributed by atoms with Crippen LogP contribution in [0.25, 0.3) is 0 Å². The van der Waals surface area contributed by atoms with E-state index in [0.29, 0.717) is 0 Å². The zero-order valence-electron chi connectivity index (χ0n) is 8.92. The van der Waals surface area contributed by atoms with E-state index < -0.39 is 0 Å². The lowest BCUT2D eigenvalue weighted by molar-refractivity contribution is -0.0924. The first kappa shape index (κ1) is 10.1. The third-order valence-electron chi connectivity index (χ3n) is 2.65. The fourth-order valence-corrected chi connectivity index (χ4v) is 1.59. The number of nitrogens with one attached hydrogen (secondary N) is 1. The van der Waals surface area contributed by atoms with Crippen molar-refractivity contribution in [3.05, 3.63) is 29.8 Å². The first-order chi connectivity index (χ1) is 7.22. The normalized spacial score (nSPS) is 17.6. The molecule has 1 aliphatic heterocycles. The van der Waals surface area contributed by atoms with E-state index in [1.165, 1.54) is 0 Å². The largest absolute Gasteiger partial charge is 0.384 e. The lowest BCUT2D eigenvalue weighted by atomic mass is 9.88. The summed E-state index contributed by atoms with van der Waals surface area (Å²) in [6, 6.07) is 7.92. The first-order valence-electron chi connectivity index (χ1n) is 5.10. The number of anilines is 1. The number of benzene rings is 1. The number of terminal acetylenes is 1. The molecule has 0 unspecified atom stereocenters. The van der Waals surface area contributed by atoms with Crippen molar-refractivity contribution in [2.24, 2.45) is 5.41 Å². The fraction of sp³-hybridized carbons (Fsp3) is 0.385. The molecule has 1 fully saturated rings. The van der Waals surface area contributed by atoms with Crippen molar-refractivity contribution in [1.82, 2.24) is 0 Å². The maximum absolute atomic E-state index is 5.34. The van der Waals surface area contributed by atoms with Crippen LogP contribution in [0.15, 0.2) is 24.3 Å². The average molecular weight is 201 g/mol. The second-order valence-corrected chi connectivity index (χ2v) is 4.38. The molecule has 15 heavy (non-hydrogen) atoms. The summed E-state index contributed by atoms with van der Waals surface area (Å²) >= 11 is 0. The SMILES string of the molecule is C#Cc1cccc(NCC2(C)COC2)c1. The Balaban J connectivity index is 1.96. The Morgan fingerprint density at radius 1 is 1.53 bits per heavy atom. The summed E-state index contributed by atoms with van der Waals surface area (Å²) in [7, 11) is 0. The molecule has 78 valence electrons. The summed E-state index contributed by atoms with van der Waals surface area (Å²) in [5.74, 6) is 2.63. The van der Waals surface area contributed by atoms with Crippen LogP contribution in [-0.4, -0.2) is 19.8 Å². The molecule has 2 rings (SSSR count). The van der Waals surface area contributed by atoms with Gasteiger partial charge in [-0.25, -0.2) is 0 Å². The third-order valence-corrected chi connectivity index (χ3v) is 2.65. The summed E-state index contributed by atoms with van der Waals surface area (Å²) in [5.41, 5.74) is 2.28. The van der Waals surface area contributed by atoms with Crippen LogP contribution >= 0.6 is 0 Å². The lowest BCUT2D eigenvalue weighted by Crippen LogP contribution is -2.45. The van der Waals surface area contributed by atoms with E-state index in [9.17, 15) is 0 Å². The highest BCUT2D eigenvalue weighted by molar-refractivity contribution is 5.50. The monoisotopic (exact) mass is 201 g/mol. The molecule has 1 aromatic carbocycles. The molecule has 0 atom stereocenters. The Labute approximate surface area is 90.6 Å². The molecule has 0 bridgehead atoms. The zero-order valence-corrected chi connectivity index (χ0v) is 8.92. The fourth-order valence-electron chi connectivity index (χ4n) is 1.59. The van der Waals surface area contributed by atoms with E-state index in [2.05, 4.69) is 18.2 Å². The van der Waals surface area contributed by atoms with Gasteiger partial charge in [-0.05, 0) is 18.2 Å². The maximum atomic E-state index is 5.34. The van der Waals surface area contributed by atoms with Crippen LogP contribution in [0.4, 0.5) is 5.69 Å². The summed E-state index contributed by atoms with van der Waals surface area (Å²) in [6.45, 7) is 4.83. The molecule has 1 N–H and O–H groups in total. The van der Waals surface area contributed by atoms with Gasteiger partial charge < -0.3 is 10.1 Å². The Bertz CT molecular complexity index is 388. The summed E-state index contributed by atoms with van der Waals surface area (Å²) in [6.07, 6.45) is 5.34. The van der Waals surface area contributed by atoms with Gasteiger partial charge in [0.05, 0.1) is 13.2 Å². The Morgan fingerprint density at radius 2 is 2.33 bits per heavy atom. The standard InChI is InChI=1S/C13H15NO/c1-3-11-5-4-6-12(7-11)14-8-13(2)9-15-10-13/h1,4-7,14H,8-10H2,2H3. The number of ether oxygens (including phenoxy) is 1. The number of rotatable bonds is 3. The van der Waals surface area contributed by atoms with Crippen LogP contribution in [0, 0.1) is 17.8 Å². The van der Waals surface area contributed by atoms with Gasteiger partial charge in [0.1, 0.15) is 0 Å². The van der Waals surface area contributed by atoms with Crippen molar-refractivity contribution in [3.8, 4) is 12.3 Å². The van der Waals surface area contributed by atoms with Crippen LogP contribution < -0.4 is 5.32 Å². The van der Waals surface area contributed by atoms with Crippen LogP contribution in [0.5, 0.6) is 0 Å². The highest BCUT2D eigenvalue weighted by Gasteiger charge is 2.32. The van der Waals surface area contributed by atoms with Crippen molar-refractivity contribution in [1.29, 1.82) is 0 Å². The highest BCUT2D eigenvalue weighted by Crippen LogP contribution is 2.26. The van der Waals surface area contributed by atoms with E-state index in [-0.39, 0.29) is 5.41 Å². The quantitative estimate of drug-likeness (QED) is 0.756. The number of hydrogen-bond donors (Lipinski definition) is 1. The predicted octanol–water partition coefficient (Wildman–Crippen LogP) is 2.12. The van der Waals surface area contributed by atoms with E-state index in [4.69, 9.17) is 11.2 Å². The molecule has 1 heterocycles. The Hall–Kier alpha value is -1.46. The van der Waals surface area contributed by atoms with Gasteiger partial charge in [0, 0.05) is 23.2 Å². The van der Waals surface area contributed by atoms with Gasteiger partial charge in [0.15, 0.2) is 0 Å². The van der Waals surface area contributed by atoms with E-state index in [0.717, 1.165) is 31.0 Å². The molecule has 0 radical (unpaired) electrons. The topological polar surface area (TPSA) is 21.3 Å². The molecular formula is C13H15NO. The Kier molecular flexibility index (Phi) is 2.66. The molecule has 0 aromatic heterocycles. The molecule has 1 aromatic rings. The second-order valence-electron chi connectivity index (χ2n) is 4.38. The molecule has 2 heteroatoms. The van der Waals surface area contributed by atoms with Gasteiger partial charge >= 0.3 is 0 Å². The van der Waals surface area contributed by atoms with Crippen molar-refractivity contribution in [2.75, 3.05) is 25.1 Å². The van der Waals surface area contributed by atoms with Crippen LogP contribution in [0.2, 0.25) is 0 Å². The first-order valence-corrected chi connectivity index (χ1v) is 5.10. The Morgan fingerprint density at radius 3 is 2.93 bits per heavy atom. The average Bonchev–Trinajstić information content (AvgIpc) is 2.24. The van der Waals surface area contributed by atoms with Gasteiger partial charge in [-0.3, -0.25) is 0 Å². The second kappa shape index (κ2) is 3.96. The molecule has 0 aliphatic carbocycles. The highest BCUT2D eigenvalue weighted by atomic mass is 16.5. The van der Waals surface area contributed by atoms with Gasteiger partial charge in [-0.15, -0.1) is 6.42 Å². The van der Waals surface area contributed by atoms with Gasteiger partial charge in [-0.1, -0.05) is 18.9 Å². The summed E-state index contributed by atoms with van der Waals surface area (Å²) in [4.78, 5) is 0. The lowest BCUT2D eigenvalue weighted by Gasteiger charge is -2.38. The third kappa shape index (κ3) is 2.31. The van der Waals surface area contributed by atoms with Crippen molar-refractivity contribution < 1.29 is 4.74 Å². The maximum Gasteiger partial charge on any atom is 0.0559 e. The summed E-state index contributed by atoms with van der Waals surface area (Å²) < 4.78 is 5.20. The minimum atomic E-state index is 0.284. The van der Waals surface area contributed by atoms with Gasteiger partial charge in [0.2, 0.25) is 0 Å². The van der Waals surface area contributed by atoms with Crippen molar-refractivity contribution in [3.63, 3.8) is 0 Å². The molecule has 1 aliphatic rings. The molecule has 1 saturated heterocycles. The molecule has 2 nitrogen and oxygen atoms in total. The molecular weight excluding hydrogens is 186 g/mol. The van der Waals surface area contributed by atoms with Crippen LogP contribution in [0.1, 0.15) is 12.5 Å². The zero-order chi connectivity index (χ0) is 10.7. The molecule has 0 saturated carbocycles. The van der Waals surface area contributed by atoms with Crippen LogP contribution in [-0.2, 0) is 4.74 Å². The van der Waals surface area contributed by atoms with Crippen LogP contribution in [0.3, 0.4) is 0 Å². The van der Waals surface area contributed by atoms with E-state index in [1.54, 1.807) is 0 Å². The van der Waals surface area contributed by atoms with Crippen molar-refractivity contribution >= 4 is 5.69 Å². The smallest absolute Gasteiger partial charge is 0.0559 e. The van der Waals surface area contributed by atoms with Crippen molar-refractivity contribution in [2.45, 2.75) is 6.92 Å². The predicted molar refractivity (Wildman–Crippen MR) is 61.8 cm³/mol. The van der Waals surface area contributed by atoms with E-state index in [1.807, 2.05) is 24.3 Å². The van der Waals surface area contributed by atoms with Gasteiger partial charge in [-0.2, -0.15) is 0 Å². The van der Waals surface area contributed by atoms with E-state index >= 15 is 0 Å². The summed E-state index contributed by atoms with van der Waals surface area (Å²) in [5, 5.41) is 3.39. The number of hydrogen-bond acceptors (Lipinski definition) is 2. The molecule has 0 amide bonds.